The van der Waals surface area contributed by atoms with Crippen molar-refractivity contribution in [2.24, 2.45) is 0 Å². The van der Waals surface area contributed by atoms with Crippen molar-refractivity contribution >= 4 is 44.8 Å². The number of halogens is 2. The third-order valence-electron chi connectivity index (χ3n) is 1.76. The molecule has 0 aliphatic heterocycles. The number of hydrogen-bond donors (Lipinski definition) is 0. The molecule has 0 aliphatic rings. The molecule has 0 saturated heterocycles. The van der Waals surface area contributed by atoms with E-state index in [1.807, 2.05) is 0 Å². The molecule has 78 valence electrons. The Labute approximate surface area is 101 Å². The molecule has 1 aromatic heterocycles. The Hall–Kier alpha value is -0.0600. The van der Waals surface area contributed by atoms with Crippen LogP contribution in [-0.4, -0.2) is 29.7 Å². The van der Waals surface area contributed by atoms with Crippen molar-refractivity contribution in [1.29, 1.82) is 0 Å². The van der Waals surface area contributed by atoms with Gasteiger partial charge in [-0.1, -0.05) is 27.5 Å². The van der Waals surface area contributed by atoms with Gasteiger partial charge in [-0.25, -0.2) is 0 Å². The van der Waals surface area contributed by atoms with E-state index in [2.05, 4.69) is 15.9 Å². The Morgan fingerprint density at radius 1 is 1.64 bits per heavy atom. The number of thiophene rings is 1. The van der Waals surface area contributed by atoms with Gasteiger partial charge in [0.1, 0.15) is 0 Å². The topological polar surface area (TPSA) is 20.3 Å². The van der Waals surface area contributed by atoms with Gasteiger partial charge in [0.25, 0.3) is 5.91 Å². The van der Waals surface area contributed by atoms with Crippen molar-refractivity contribution < 1.29 is 4.79 Å². The van der Waals surface area contributed by atoms with Crippen LogP contribution >= 0.6 is 38.9 Å². The standard InChI is InChI=1S/C9H11BrClNOS/c1-12(6-2-5-10)9(13)7-3-4-8(11)14-7/h3-4H,2,5-6H2,1H3. The van der Waals surface area contributed by atoms with Crippen LogP contribution in [-0.2, 0) is 0 Å². The van der Waals surface area contributed by atoms with E-state index < -0.39 is 0 Å². The SMILES string of the molecule is CN(CCCBr)C(=O)c1ccc(Cl)s1. The maximum absolute atomic E-state index is 11.7. The molecular weight excluding hydrogens is 286 g/mol. The number of amides is 1. The normalized spacial score (nSPS) is 10.2. The molecule has 1 rings (SSSR count). The van der Waals surface area contributed by atoms with Gasteiger partial charge in [0.05, 0.1) is 9.21 Å². The van der Waals surface area contributed by atoms with Crippen molar-refractivity contribution in [3.8, 4) is 0 Å². The zero-order valence-electron chi connectivity index (χ0n) is 7.80. The first-order valence-electron chi connectivity index (χ1n) is 4.22. The molecule has 1 amide bonds. The van der Waals surface area contributed by atoms with Gasteiger partial charge in [-0.05, 0) is 18.6 Å². The Morgan fingerprint density at radius 3 is 2.86 bits per heavy atom. The summed E-state index contributed by atoms with van der Waals surface area (Å²) < 4.78 is 0.655. The first-order valence-corrected chi connectivity index (χ1v) is 6.53. The predicted molar refractivity (Wildman–Crippen MR) is 64.7 cm³/mol. The second-order valence-corrected chi connectivity index (χ2v) is 5.38. The lowest BCUT2D eigenvalue weighted by molar-refractivity contribution is 0.0800. The highest BCUT2D eigenvalue weighted by Crippen LogP contribution is 2.22. The van der Waals surface area contributed by atoms with Crippen LogP contribution < -0.4 is 0 Å². The van der Waals surface area contributed by atoms with Gasteiger partial charge < -0.3 is 4.90 Å². The summed E-state index contributed by atoms with van der Waals surface area (Å²) in [6.07, 6.45) is 0.960. The van der Waals surface area contributed by atoms with Gasteiger partial charge in [0.15, 0.2) is 0 Å². The molecule has 0 N–H and O–H groups in total. The Morgan fingerprint density at radius 2 is 2.36 bits per heavy atom. The Kier molecular flexibility index (Phi) is 4.92. The van der Waals surface area contributed by atoms with Crippen LogP contribution in [0.5, 0.6) is 0 Å². The van der Waals surface area contributed by atoms with Crippen molar-refractivity contribution in [3.63, 3.8) is 0 Å². The van der Waals surface area contributed by atoms with Gasteiger partial charge in [-0.2, -0.15) is 0 Å². The van der Waals surface area contributed by atoms with E-state index in [0.29, 0.717) is 9.21 Å². The van der Waals surface area contributed by atoms with Crippen molar-refractivity contribution in [1.82, 2.24) is 4.90 Å². The molecule has 5 heteroatoms. The van der Waals surface area contributed by atoms with Gasteiger partial charge >= 0.3 is 0 Å². The fourth-order valence-corrected chi connectivity index (χ4v) is 2.30. The van der Waals surface area contributed by atoms with Crippen LogP contribution in [0.25, 0.3) is 0 Å². The second kappa shape index (κ2) is 5.73. The molecule has 0 fully saturated rings. The minimum absolute atomic E-state index is 0.0443. The highest BCUT2D eigenvalue weighted by Gasteiger charge is 2.12. The molecule has 0 aromatic carbocycles. The van der Waals surface area contributed by atoms with E-state index in [9.17, 15) is 4.79 Å². The first-order chi connectivity index (χ1) is 6.65. The monoisotopic (exact) mass is 295 g/mol. The molecule has 14 heavy (non-hydrogen) atoms. The lowest BCUT2D eigenvalue weighted by atomic mass is 10.4. The summed E-state index contributed by atoms with van der Waals surface area (Å²) >= 11 is 10.4. The summed E-state index contributed by atoms with van der Waals surface area (Å²) in [4.78, 5) is 14.1. The Balaban J connectivity index is 2.56. The zero-order valence-corrected chi connectivity index (χ0v) is 11.0. The number of carbonyl (C=O) groups is 1. The molecule has 0 bridgehead atoms. The summed E-state index contributed by atoms with van der Waals surface area (Å²) in [5.41, 5.74) is 0. The average molecular weight is 297 g/mol. The number of hydrogen-bond acceptors (Lipinski definition) is 2. The van der Waals surface area contributed by atoms with Crippen molar-refractivity contribution in [3.05, 3.63) is 21.3 Å². The van der Waals surface area contributed by atoms with Crippen LogP contribution in [0, 0.1) is 0 Å². The Bertz CT molecular complexity index is 316. The minimum atomic E-state index is 0.0443. The molecule has 0 aliphatic carbocycles. The van der Waals surface area contributed by atoms with Gasteiger partial charge in [-0.3, -0.25) is 4.79 Å². The zero-order chi connectivity index (χ0) is 10.6. The maximum atomic E-state index is 11.7. The summed E-state index contributed by atoms with van der Waals surface area (Å²) in [6, 6.07) is 3.51. The highest BCUT2D eigenvalue weighted by molar-refractivity contribution is 9.09. The summed E-state index contributed by atoms with van der Waals surface area (Å²) in [7, 11) is 1.80. The molecule has 1 aromatic rings. The largest absolute Gasteiger partial charge is 0.341 e. The highest BCUT2D eigenvalue weighted by atomic mass is 79.9. The summed E-state index contributed by atoms with van der Waals surface area (Å²) in [5, 5.41) is 0.913. The number of carbonyl (C=O) groups excluding carboxylic acids is 1. The molecule has 0 unspecified atom stereocenters. The fourth-order valence-electron chi connectivity index (χ4n) is 1.02. The molecule has 1 heterocycles. The van der Waals surface area contributed by atoms with E-state index in [-0.39, 0.29) is 5.91 Å². The molecular formula is C9H11BrClNOS. The fraction of sp³-hybridized carbons (Fsp3) is 0.444. The number of nitrogens with zero attached hydrogens (tertiary/aromatic N) is 1. The van der Waals surface area contributed by atoms with Gasteiger partial charge in [-0.15, -0.1) is 11.3 Å². The van der Waals surface area contributed by atoms with Crippen molar-refractivity contribution in [2.75, 3.05) is 18.9 Å². The van der Waals surface area contributed by atoms with Crippen LogP contribution in [0.4, 0.5) is 0 Å². The number of rotatable bonds is 4. The van der Waals surface area contributed by atoms with E-state index in [1.165, 1.54) is 11.3 Å². The molecule has 0 spiro atoms. The van der Waals surface area contributed by atoms with E-state index in [0.717, 1.165) is 18.3 Å². The summed E-state index contributed by atoms with van der Waals surface area (Å²) in [6.45, 7) is 0.763. The van der Waals surface area contributed by atoms with Crippen LogP contribution in [0.3, 0.4) is 0 Å². The smallest absolute Gasteiger partial charge is 0.263 e. The van der Waals surface area contributed by atoms with Crippen molar-refractivity contribution in [2.45, 2.75) is 6.42 Å². The van der Waals surface area contributed by atoms with Gasteiger partial charge in [0.2, 0.25) is 0 Å². The maximum Gasteiger partial charge on any atom is 0.263 e. The van der Waals surface area contributed by atoms with E-state index in [4.69, 9.17) is 11.6 Å². The van der Waals surface area contributed by atoms with Gasteiger partial charge in [0, 0.05) is 18.9 Å². The molecule has 0 saturated carbocycles. The van der Waals surface area contributed by atoms with Crippen LogP contribution in [0.15, 0.2) is 12.1 Å². The van der Waals surface area contributed by atoms with Crippen LogP contribution in [0.2, 0.25) is 4.34 Å². The third-order valence-corrected chi connectivity index (χ3v) is 3.54. The predicted octanol–water partition coefficient (Wildman–Crippen LogP) is 3.26. The molecule has 0 radical (unpaired) electrons. The quantitative estimate of drug-likeness (QED) is 0.781. The number of alkyl halides is 1. The lowest BCUT2D eigenvalue weighted by Crippen LogP contribution is -2.27. The molecule has 0 atom stereocenters. The first kappa shape index (κ1) is 12.0. The minimum Gasteiger partial charge on any atom is -0.341 e. The van der Waals surface area contributed by atoms with E-state index in [1.54, 1.807) is 24.1 Å². The molecule has 2 nitrogen and oxygen atoms in total. The second-order valence-electron chi connectivity index (χ2n) is 2.87. The summed E-state index contributed by atoms with van der Waals surface area (Å²) in [5.74, 6) is 0.0443. The third kappa shape index (κ3) is 3.26. The average Bonchev–Trinajstić information content (AvgIpc) is 2.60. The lowest BCUT2D eigenvalue weighted by Gasteiger charge is -2.14. The van der Waals surface area contributed by atoms with E-state index >= 15 is 0 Å². The van der Waals surface area contributed by atoms with Crippen LogP contribution in [0.1, 0.15) is 16.1 Å².